The lowest BCUT2D eigenvalue weighted by molar-refractivity contribution is -0.120. The van der Waals surface area contributed by atoms with Crippen LogP contribution in [0.15, 0.2) is 53.4 Å². The summed E-state index contributed by atoms with van der Waals surface area (Å²) in [5.74, 6) is 0.378. The SMILES string of the molecule is COc1cccc(NC(=O)C2CCN(S(=O)(=O)c3cccc(C)c3)CC2)c1. The molecule has 0 saturated carbocycles. The summed E-state index contributed by atoms with van der Waals surface area (Å²) in [6.07, 6.45) is 1.00. The zero-order valence-electron chi connectivity index (χ0n) is 15.5. The molecule has 1 fully saturated rings. The third kappa shape index (κ3) is 4.48. The maximum atomic E-state index is 12.8. The third-order valence-corrected chi connectivity index (χ3v) is 6.68. The van der Waals surface area contributed by atoms with E-state index in [4.69, 9.17) is 4.74 Å². The highest BCUT2D eigenvalue weighted by Crippen LogP contribution is 2.26. The molecule has 0 aliphatic carbocycles. The molecule has 3 rings (SSSR count). The normalized spacial score (nSPS) is 16.1. The number of methoxy groups -OCH3 is 1. The van der Waals surface area contributed by atoms with Crippen molar-refractivity contribution in [3.8, 4) is 5.75 Å². The molecular formula is C20H24N2O4S. The number of sulfonamides is 1. The van der Waals surface area contributed by atoms with Crippen LogP contribution in [0.5, 0.6) is 5.75 Å². The summed E-state index contributed by atoms with van der Waals surface area (Å²) in [4.78, 5) is 12.8. The van der Waals surface area contributed by atoms with Crippen LogP contribution in [0, 0.1) is 12.8 Å². The van der Waals surface area contributed by atoms with Gasteiger partial charge in [-0.25, -0.2) is 8.42 Å². The van der Waals surface area contributed by atoms with E-state index in [2.05, 4.69) is 5.32 Å². The molecule has 0 unspecified atom stereocenters. The smallest absolute Gasteiger partial charge is 0.243 e. The minimum Gasteiger partial charge on any atom is -0.497 e. The van der Waals surface area contributed by atoms with Crippen LogP contribution < -0.4 is 10.1 Å². The van der Waals surface area contributed by atoms with Gasteiger partial charge in [-0.1, -0.05) is 18.2 Å². The molecule has 0 radical (unpaired) electrons. The number of hydrogen-bond acceptors (Lipinski definition) is 4. The second-order valence-electron chi connectivity index (χ2n) is 6.72. The van der Waals surface area contributed by atoms with Gasteiger partial charge in [0.1, 0.15) is 5.75 Å². The standard InChI is InChI=1S/C20H24N2O4S/c1-15-5-3-8-19(13-15)27(24,25)22-11-9-16(10-12-22)20(23)21-17-6-4-7-18(14-17)26-2/h3-8,13-14,16H,9-12H2,1-2H3,(H,21,23). The van der Waals surface area contributed by atoms with Crippen molar-refractivity contribution in [1.82, 2.24) is 4.31 Å². The van der Waals surface area contributed by atoms with Gasteiger partial charge in [-0.2, -0.15) is 4.31 Å². The van der Waals surface area contributed by atoms with Gasteiger partial charge < -0.3 is 10.1 Å². The monoisotopic (exact) mass is 388 g/mol. The molecule has 144 valence electrons. The number of anilines is 1. The van der Waals surface area contributed by atoms with Crippen molar-refractivity contribution < 1.29 is 17.9 Å². The number of nitrogens with zero attached hydrogens (tertiary/aromatic N) is 1. The Bertz CT molecular complexity index is 919. The van der Waals surface area contributed by atoms with Crippen LogP contribution in [0.25, 0.3) is 0 Å². The number of amides is 1. The van der Waals surface area contributed by atoms with Gasteiger partial charge in [0.05, 0.1) is 12.0 Å². The molecule has 1 heterocycles. The van der Waals surface area contributed by atoms with Crippen LogP contribution in [-0.4, -0.2) is 38.8 Å². The van der Waals surface area contributed by atoms with E-state index < -0.39 is 10.0 Å². The molecule has 1 aliphatic rings. The number of piperidine rings is 1. The summed E-state index contributed by atoms with van der Waals surface area (Å²) >= 11 is 0. The summed E-state index contributed by atoms with van der Waals surface area (Å²) in [6.45, 7) is 2.55. The van der Waals surface area contributed by atoms with Crippen LogP contribution in [0.2, 0.25) is 0 Å². The second-order valence-corrected chi connectivity index (χ2v) is 8.65. The molecule has 1 N–H and O–H groups in total. The first-order valence-electron chi connectivity index (χ1n) is 8.92. The Morgan fingerprint density at radius 3 is 2.48 bits per heavy atom. The summed E-state index contributed by atoms with van der Waals surface area (Å²) in [5.41, 5.74) is 1.58. The number of ether oxygens (including phenoxy) is 1. The predicted molar refractivity (Wildman–Crippen MR) is 104 cm³/mol. The molecule has 2 aromatic carbocycles. The minimum absolute atomic E-state index is 0.0872. The number of benzene rings is 2. The molecule has 27 heavy (non-hydrogen) atoms. The van der Waals surface area contributed by atoms with Crippen LogP contribution in [0.4, 0.5) is 5.69 Å². The molecule has 1 saturated heterocycles. The Morgan fingerprint density at radius 1 is 1.11 bits per heavy atom. The van der Waals surface area contributed by atoms with Gasteiger partial charge >= 0.3 is 0 Å². The fraction of sp³-hybridized carbons (Fsp3) is 0.350. The largest absolute Gasteiger partial charge is 0.497 e. The number of hydrogen-bond donors (Lipinski definition) is 1. The van der Waals surface area contributed by atoms with E-state index in [-0.39, 0.29) is 11.8 Å². The molecule has 0 atom stereocenters. The van der Waals surface area contributed by atoms with Crippen molar-refractivity contribution in [3.63, 3.8) is 0 Å². The van der Waals surface area contributed by atoms with Crippen molar-refractivity contribution in [2.45, 2.75) is 24.7 Å². The number of carbonyl (C=O) groups is 1. The minimum atomic E-state index is -3.52. The van der Waals surface area contributed by atoms with Crippen molar-refractivity contribution in [3.05, 3.63) is 54.1 Å². The Morgan fingerprint density at radius 2 is 1.81 bits per heavy atom. The van der Waals surface area contributed by atoms with Gasteiger partial charge in [0, 0.05) is 30.8 Å². The predicted octanol–water partition coefficient (Wildman–Crippen LogP) is 3.04. The van der Waals surface area contributed by atoms with Crippen LogP contribution in [0.1, 0.15) is 18.4 Å². The zero-order valence-corrected chi connectivity index (χ0v) is 16.3. The lowest BCUT2D eigenvalue weighted by Gasteiger charge is -2.30. The van der Waals surface area contributed by atoms with Crippen molar-refractivity contribution in [2.75, 3.05) is 25.5 Å². The fourth-order valence-electron chi connectivity index (χ4n) is 3.23. The number of carbonyl (C=O) groups excluding carboxylic acids is 1. The molecule has 6 nitrogen and oxygen atoms in total. The van der Waals surface area contributed by atoms with Crippen molar-refractivity contribution >= 4 is 21.6 Å². The van der Waals surface area contributed by atoms with E-state index in [9.17, 15) is 13.2 Å². The first kappa shape index (κ1) is 19.4. The molecule has 1 amide bonds. The van der Waals surface area contributed by atoms with Gasteiger partial charge in [-0.3, -0.25) is 4.79 Å². The third-order valence-electron chi connectivity index (χ3n) is 4.79. The first-order chi connectivity index (χ1) is 12.9. The van der Waals surface area contributed by atoms with Gasteiger partial charge in [0.15, 0.2) is 0 Å². The van der Waals surface area contributed by atoms with Crippen molar-refractivity contribution in [2.24, 2.45) is 5.92 Å². The maximum absolute atomic E-state index is 12.8. The number of nitrogens with one attached hydrogen (secondary N) is 1. The quantitative estimate of drug-likeness (QED) is 0.854. The Balaban J connectivity index is 1.62. The van der Waals surface area contributed by atoms with Gasteiger partial charge in [0.25, 0.3) is 0 Å². The van der Waals surface area contributed by atoms with Crippen molar-refractivity contribution in [1.29, 1.82) is 0 Å². The van der Waals surface area contributed by atoms with E-state index in [1.54, 1.807) is 37.4 Å². The highest BCUT2D eigenvalue weighted by molar-refractivity contribution is 7.89. The highest BCUT2D eigenvalue weighted by atomic mass is 32.2. The molecule has 0 spiro atoms. The molecule has 7 heteroatoms. The number of aryl methyl sites for hydroxylation is 1. The first-order valence-corrected chi connectivity index (χ1v) is 10.4. The van der Waals surface area contributed by atoms with Gasteiger partial charge in [0.2, 0.25) is 15.9 Å². The number of rotatable bonds is 5. The molecule has 1 aliphatic heterocycles. The van der Waals surface area contributed by atoms with E-state index in [0.717, 1.165) is 5.56 Å². The molecular weight excluding hydrogens is 364 g/mol. The Hall–Kier alpha value is -2.38. The summed E-state index contributed by atoms with van der Waals surface area (Å²) in [7, 11) is -1.94. The summed E-state index contributed by atoms with van der Waals surface area (Å²) < 4.78 is 32.2. The maximum Gasteiger partial charge on any atom is 0.243 e. The molecule has 0 bridgehead atoms. The van der Waals surface area contributed by atoms with E-state index in [1.807, 2.05) is 25.1 Å². The Kier molecular flexibility index (Phi) is 5.82. The lowest BCUT2D eigenvalue weighted by atomic mass is 9.97. The average Bonchev–Trinajstić information content (AvgIpc) is 2.68. The average molecular weight is 388 g/mol. The molecule has 2 aromatic rings. The van der Waals surface area contributed by atoms with E-state index >= 15 is 0 Å². The highest BCUT2D eigenvalue weighted by Gasteiger charge is 2.32. The second kappa shape index (κ2) is 8.10. The summed E-state index contributed by atoms with van der Waals surface area (Å²) in [5, 5.41) is 2.89. The van der Waals surface area contributed by atoms with Gasteiger partial charge in [-0.15, -0.1) is 0 Å². The van der Waals surface area contributed by atoms with Gasteiger partial charge in [-0.05, 0) is 49.6 Å². The summed E-state index contributed by atoms with van der Waals surface area (Å²) in [6, 6.07) is 14.1. The zero-order chi connectivity index (χ0) is 19.4. The van der Waals surface area contributed by atoms with E-state index in [0.29, 0.717) is 42.3 Å². The van der Waals surface area contributed by atoms with Crippen LogP contribution >= 0.6 is 0 Å². The lowest BCUT2D eigenvalue weighted by Crippen LogP contribution is -2.41. The Labute approximate surface area is 160 Å². The van der Waals surface area contributed by atoms with Crippen LogP contribution in [-0.2, 0) is 14.8 Å². The molecule has 0 aromatic heterocycles. The topological polar surface area (TPSA) is 75.7 Å². The van der Waals surface area contributed by atoms with Crippen LogP contribution in [0.3, 0.4) is 0 Å². The fourth-order valence-corrected chi connectivity index (χ4v) is 4.80. The van der Waals surface area contributed by atoms with E-state index in [1.165, 1.54) is 4.31 Å².